The van der Waals surface area contributed by atoms with Gasteiger partial charge in [-0.05, 0) is 44.2 Å². The number of fused-ring (bicyclic) bond motifs is 3. The van der Waals surface area contributed by atoms with E-state index in [1.54, 1.807) is 0 Å². The van der Waals surface area contributed by atoms with Crippen molar-refractivity contribution >= 4 is 0 Å². The lowest BCUT2D eigenvalue weighted by molar-refractivity contribution is 0.588. The predicted molar refractivity (Wildman–Crippen MR) is 96.8 cm³/mol. The monoisotopic (exact) mass is 292 g/mol. The Morgan fingerprint density at radius 2 is 1.00 bits per heavy atom. The topological polar surface area (TPSA) is 0 Å². The van der Waals surface area contributed by atoms with E-state index in [0.717, 1.165) is 0 Å². The quantitative estimate of drug-likeness (QED) is 0.526. The molecule has 0 heteroatoms. The zero-order valence-corrected chi connectivity index (χ0v) is 15.0. The van der Waals surface area contributed by atoms with Crippen molar-refractivity contribution in [3.8, 4) is 11.1 Å². The largest absolute Gasteiger partial charge is 0.0579 e. The van der Waals surface area contributed by atoms with E-state index in [9.17, 15) is 0 Å². The van der Waals surface area contributed by atoms with Crippen LogP contribution in [0, 0.1) is 0 Å². The van der Waals surface area contributed by atoms with Gasteiger partial charge < -0.3 is 0 Å². The van der Waals surface area contributed by atoms with E-state index >= 15 is 0 Å². The maximum absolute atomic E-state index is 2.43. The van der Waals surface area contributed by atoms with Gasteiger partial charge in [-0.2, -0.15) is 0 Å². The lowest BCUT2D eigenvalue weighted by atomic mass is 9.84. The molecule has 2 aromatic rings. The third-order valence-corrected chi connectivity index (χ3v) is 5.06. The van der Waals surface area contributed by atoms with E-state index < -0.39 is 0 Å². The summed E-state index contributed by atoms with van der Waals surface area (Å²) in [6.07, 6.45) is 0. The molecule has 1 aliphatic rings. The van der Waals surface area contributed by atoms with Crippen molar-refractivity contribution in [2.75, 3.05) is 0 Å². The van der Waals surface area contributed by atoms with Crippen LogP contribution in [0.15, 0.2) is 36.4 Å². The Kier molecular flexibility index (Phi) is 3.29. The van der Waals surface area contributed by atoms with Gasteiger partial charge in [0.15, 0.2) is 0 Å². The van der Waals surface area contributed by atoms with Gasteiger partial charge in [-0.15, -0.1) is 0 Å². The molecule has 1 aliphatic carbocycles. The van der Waals surface area contributed by atoms with Gasteiger partial charge in [0.25, 0.3) is 0 Å². The van der Waals surface area contributed by atoms with E-state index in [0.29, 0.717) is 5.92 Å². The summed E-state index contributed by atoms with van der Waals surface area (Å²) in [6, 6.07) is 14.1. The molecule has 0 heterocycles. The Bertz CT molecular complexity index is 657. The summed E-state index contributed by atoms with van der Waals surface area (Å²) in [5.74, 6) is 0.495. The van der Waals surface area contributed by atoms with Crippen molar-refractivity contribution in [1.82, 2.24) is 0 Å². The summed E-state index contributed by atoms with van der Waals surface area (Å²) in [5.41, 5.74) is 9.12. The molecule has 0 saturated carbocycles. The fourth-order valence-corrected chi connectivity index (χ4v) is 3.43. The van der Waals surface area contributed by atoms with Crippen molar-refractivity contribution in [3.63, 3.8) is 0 Å². The molecule has 3 rings (SSSR count). The molecule has 0 atom stereocenters. The van der Waals surface area contributed by atoms with E-state index in [1.807, 2.05) is 0 Å². The molecule has 0 N–H and O–H groups in total. The molecule has 0 radical (unpaired) electrons. The molecule has 22 heavy (non-hydrogen) atoms. The third kappa shape index (κ3) is 2.39. The first-order valence-corrected chi connectivity index (χ1v) is 8.38. The van der Waals surface area contributed by atoms with Crippen molar-refractivity contribution < 1.29 is 0 Å². The number of benzene rings is 2. The normalized spacial score (nSPS) is 14.9. The molecule has 0 saturated heterocycles. The average molecular weight is 292 g/mol. The van der Waals surface area contributed by atoms with Crippen molar-refractivity contribution in [2.45, 2.75) is 65.2 Å². The molecule has 0 bridgehead atoms. The Hall–Kier alpha value is -1.56. The SMILES string of the molecule is CC1c2cc(C(C)(C)C)ccc2-c2ccc(C(C)(C)C)cc21. The lowest BCUT2D eigenvalue weighted by Crippen LogP contribution is -2.11. The average Bonchev–Trinajstić information content (AvgIpc) is 2.70. The molecule has 0 nitrogen and oxygen atoms in total. The minimum absolute atomic E-state index is 0.208. The van der Waals surface area contributed by atoms with Gasteiger partial charge in [0.05, 0.1) is 0 Å². The van der Waals surface area contributed by atoms with E-state index in [4.69, 9.17) is 0 Å². The number of hydrogen-bond acceptors (Lipinski definition) is 0. The summed E-state index contributed by atoms with van der Waals surface area (Å²) in [5, 5.41) is 0. The highest BCUT2D eigenvalue weighted by Gasteiger charge is 2.28. The highest BCUT2D eigenvalue weighted by Crippen LogP contribution is 2.46. The minimum atomic E-state index is 0.208. The molecular weight excluding hydrogens is 264 g/mol. The molecule has 116 valence electrons. The second kappa shape index (κ2) is 4.72. The summed E-state index contributed by atoms with van der Waals surface area (Å²) in [7, 11) is 0. The zero-order valence-electron chi connectivity index (χ0n) is 15.0. The highest BCUT2D eigenvalue weighted by molar-refractivity contribution is 5.79. The van der Waals surface area contributed by atoms with Gasteiger partial charge in [0.2, 0.25) is 0 Å². The number of rotatable bonds is 0. The molecule has 0 spiro atoms. The maximum atomic E-state index is 2.43. The molecule has 2 aromatic carbocycles. The van der Waals surface area contributed by atoms with E-state index in [2.05, 4.69) is 84.9 Å². The van der Waals surface area contributed by atoms with Crippen LogP contribution in [0.25, 0.3) is 11.1 Å². The molecule has 0 aromatic heterocycles. The molecule has 0 amide bonds. The Morgan fingerprint density at radius 1 is 0.636 bits per heavy atom. The van der Waals surface area contributed by atoms with Gasteiger partial charge in [-0.25, -0.2) is 0 Å². The third-order valence-electron chi connectivity index (χ3n) is 5.06. The molecule has 0 fully saturated rings. The van der Waals surface area contributed by atoms with Gasteiger partial charge in [0.1, 0.15) is 0 Å². The van der Waals surface area contributed by atoms with Crippen LogP contribution < -0.4 is 0 Å². The van der Waals surface area contributed by atoms with Gasteiger partial charge in [0, 0.05) is 5.92 Å². The summed E-state index contributed by atoms with van der Waals surface area (Å²) in [6.45, 7) is 16.1. The first-order valence-electron chi connectivity index (χ1n) is 8.38. The highest BCUT2D eigenvalue weighted by atomic mass is 14.3. The van der Waals surface area contributed by atoms with Crippen molar-refractivity contribution in [1.29, 1.82) is 0 Å². The molecule has 0 aliphatic heterocycles. The van der Waals surface area contributed by atoms with Gasteiger partial charge in [-0.3, -0.25) is 0 Å². The second-order valence-corrected chi connectivity index (χ2v) is 8.83. The maximum Gasteiger partial charge on any atom is 0.00735 e. The van der Waals surface area contributed by atoms with Crippen LogP contribution in [0.5, 0.6) is 0 Å². The van der Waals surface area contributed by atoms with Crippen molar-refractivity contribution in [2.24, 2.45) is 0 Å². The van der Waals surface area contributed by atoms with E-state index in [-0.39, 0.29) is 10.8 Å². The van der Waals surface area contributed by atoms with Crippen LogP contribution in [0.3, 0.4) is 0 Å². The van der Waals surface area contributed by atoms with Gasteiger partial charge in [-0.1, -0.05) is 84.9 Å². The zero-order chi connectivity index (χ0) is 16.3. The smallest absolute Gasteiger partial charge is 0.00735 e. The second-order valence-electron chi connectivity index (χ2n) is 8.83. The fraction of sp³-hybridized carbons (Fsp3) is 0.455. The lowest BCUT2D eigenvalue weighted by Gasteiger charge is -2.21. The standard InChI is InChI=1S/C22H28/c1-14-19-12-15(21(2,3)4)8-10-17(19)18-11-9-16(13-20(14)18)22(5,6)7/h8-14H,1-7H3. The summed E-state index contributed by atoms with van der Waals surface area (Å²) >= 11 is 0. The van der Waals surface area contributed by atoms with Crippen LogP contribution in [0.4, 0.5) is 0 Å². The van der Waals surface area contributed by atoms with Gasteiger partial charge >= 0.3 is 0 Å². The first kappa shape index (κ1) is 15.3. The predicted octanol–water partition coefficient (Wildman–Crippen LogP) is 6.41. The first-order chi connectivity index (χ1) is 10.1. The Balaban J connectivity index is 2.13. The van der Waals surface area contributed by atoms with Crippen LogP contribution in [0.2, 0.25) is 0 Å². The summed E-state index contributed by atoms with van der Waals surface area (Å²) in [4.78, 5) is 0. The van der Waals surface area contributed by atoms with Crippen LogP contribution >= 0.6 is 0 Å². The van der Waals surface area contributed by atoms with Crippen LogP contribution in [0.1, 0.15) is 76.6 Å². The van der Waals surface area contributed by atoms with Crippen LogP contribution in [-0.4, -0.2) is 0 Å². The minimum Gasteiger partial charge on any atom is -0.0579 e. The Morgan fingerprint density at radius 3 is 1.32 bits per heavy atom. The molecular formula is C22H28. The van der Waals surface area contributed by atoms with Crippen molar-refractivity contribution in [3.05, 3.63) is 58.7 Å². The summed E-state index contributed by atoms with van der Waals surface area (Å²) < 4.78 is 0. The fourth-order valence-electron chi connectivity index (χ4n) is 3.43. The van der Waals surface area contributed by atoms with Crippen LogP contribution in [-0.2, 0) is 10.8 Å². The van der Waals surface area contributed by atoms with E-state index in [1.165, 1.54) is 33.4 Å². The number of hydrogen-bond donors (Lipinski definition) is 0. The molecule has 0 unspecified atom stereocenters. The Labute approximate surface area is 135 Å².